The van der Waals surface area contributed by atoms with Crippen LogP contribution in [0.4, 0.5) is 10.1 Å². The molecule has 2 aromatic carbocycles. The van der Waals surface area contributed by atoms with E-state index in [9.17, 15) is 4.39 Å². The van der Waals surface area contributed by atoms with E-state index < -0.39 is 0 Å². The summed E-state index contributed by atoms with van der Waals surface area (Å²) in [5.74, 6) is -0.233. The third-order valence-electron chi connectivity index (χ3n) is 4.41. The van der Waals surface area contributed by atoms with E-state index in [-0.39, 0.29) is 12.4 Å². The Kier molecular flexibility index (Phi) is 5.30. The van der Waals surface area contributed by atoms with Gasteiger partial charge >= 0.3 is 0 Å². The summed E-state index contributed by atoms with van der Waals surface area (Å²) in [6, 6.07) is 12.7. The van der Waals surface area contributed by atoms with Crippen LogP contribution in [-0.4, -0.2) is 19.3 Å². The maximum atomic E-state index is 14.4. The van der Waals surface area contributed by atoms with Gasteiger partial charge in [0, 0.05) is 24.2 Å². The Morgan fingerprint density at radius 1 is 1.28 bits per heavy atom. The Balaban J connectivity index is 1.67. The zero-order valence-corrected chi connectivity index (χ0v) is 14.2. The second kappa shape index (κ2) is 7.80. The minimum Gasteiger partial charge on any atom is -0.391 e. The fourth-order valence-corrected chi connectivity index (χ4v) is 2.98. The van der Waals surface area contributed by atoms with Crippen LogP contribution in [0.2, 0.25) is 0 Å². The topological polar surface area (TPSA) is 48.6 Å². The van der Waals surface area contributed by atoms with E-state index >= 15 is 0 Å². The van der Waals surface area contributed by atoms with Gasteiger partial charge in [-0.1, -0.05) is 23.4 Å². The number of rotatable bonds is 5. The first-order valence-corrected chi connectivity index (χ1v) is 8.37. The lowest BCUT2D eigenvalue weighted by atomic mass is 10.1. The van der Waals surface area contributed by atoms with Gasteiger partial charge in [0.25, 0.3) is 0 Å². The lowest BCUT2D eigenvalue weighted by molar-refractivity contribution is 0.132. The summed E-state index contributed by atoms with van der Waals surface area (Å²) in [4.78, 5) is 7.36. The van der Waals surface area contributed by atoms with Crippen molar-refractivity contribution in [1.82, 2.24) is 0 Å². The third kappa shape index (κ3) is 3.97. The zero-order chi connectivity index (χ0) is 17.6. The normalized spacial score (nSPS) is 14.0. The average molecular weight is 337 g/mol. The number of halogens is 1. The molecule has 1 aliphatic rings. The molecule has 0 aromatic heterocycles. The van der Waals surface area contributed by atoms with Crippen LogP contribution in [-0.2, 0) is 11.4 Å². The number of aryl methyl sites for hydroxylation is 1. The highest BCUT2D eigenvalue weighted by Crippen LogP contribution is 2.26. The van der Waals surface area contributed by atoms with Gasteiger partial charge in [0.2, 0.25) is 0 Å². The molecule has 0 spiro atoms. The number of anilines is 1. The van der Waals surface area contributed by atoms with Crippen LogP contribution >= 0.6 is 0 Å². The van der Waals surface area contributed by atoms with Crippen LogP contribution < -0.4 is 4.90 Å². The number of hydrogen-bond donors (Lipinski definition) is 0. The summed E-state index contributed by atoms with van der Waals surface area (Å²) < 4.78 is 14.4. The van der Waals surface area contributed by atoms with Crippen molar-refractivity contribution in [3.05, 3.63) is 64.5 Å². The fraction of sp³-hybridized carbons (Fsp3) is 0.300. The highest BCUT2D eigenvalue weighted by molar-refractivity contribution is 5.82. The molecule has 0 radical (unpaired) electrons. The van der Waals surface area contributed by atoms with Crippen LogP contribution in [0.25, 0.3) is 0 Å². The molecule has 5 heteroatoms. The lowest BCUT2D eigenvalue weighted by Gasteiger charge is -2.19. The van der Waals surface area contributed by atoms with Crippen LogP contribution in [0.3, 0.4) is 0 Å². The van der Waals surface area contributed by atoms with Crippen molar-refractivity contribution < 1.29 is 9.23 Å². The second-order valence-electron chi connectivity index (χ2n) is 6.13. The molecule has 0 saturated carbocycles. The number of benzene rings is 2. The van der Waals surface area contributed by atoms with Crippen molar-refractivity contribution in [3.63, 3.8) is 0 Å². The van der Waals surface area contributed by atoms with E-state index in [1.807, 2.05) is 25.1 Å². The number of hydrogen-bond acceptors (Lipinski definition) is 4. The molecule has 1 saturated heterocycles. The third-order valence-corrected chi connectivity index (χ3v) is 4.41. The van der Waals surface area contributed by atoms with E-state index in [1.54, 1.807) is 12.1 Å². The molecule has 0 N–H and O–H groups in total. The highest BCUT2D eigenvalue weighted by Gasteiger charge is 2.17. The van der Waals surface area contributed by atoms with Gasteiger partial charge in [0.05, 0.1) is 23.5 Å². The summed E-state index contributed by atoms with van der Waals surface area (Å²) in [7, 11) is 0. The Labute approximate surface area is 147 Å². The Morgan fingerprint density at radius 2 is 2.04 bits per heavy atom. The fourth-order valence-electron chi connectivity index (χ4n) is 2.98. The van der Waals surface area contributed by atoms with Gasteiger partial charge in [0.15, 0.2) is 0 Å². The highest BCUT2D eigenvalue weighted by atomic mass is 19.1. The first-order valence-electron chi connectivity index (χ1n) is 8.37. The molecular weight excluding hydrogens is 317 g/mol. The van der Waals surface area contributed by atoms with Gasteiger partial charge in [0.1, 0.15) is 12.4 Å². The molecule has 0 atom stereocenters. The number of nitrogens with zero attached hydrogens (tertiary/aromatic N) is 3. The summed E-state index contributed by atoms with van der Waals surface area (Å²) in [6.07, 6.45) is 3.74. The van der Waals surface area contributed by atoms with E-state index in [0.29, 0.717) is 16.8 Å². The molecule has 128 valence electrons. The molecule has 1 fully saturated rings. The first kappa shape index (κ1) is 17.0. The molecule has 1 aliphatic heterocycles. The van der Waals surface area contributed by atoms with Crippen LogP contribution in [0.5, 0.6) is 0 Å². The van der Waals surface area contributed by atoms with Crippen molar-refractivity contribution >= 4 is 11.9 Å². The van der Waals surface area contributed by atoms with Gasteiger partial charge in [-0.3, -0.25) is 0 Å². The van der Waals surface area contributed by atoms with Gasteiger partial charge < -0.3 is 9.74 Å². The van der Waals surface area contributed by atoms with Gasteiger partial charge in [-0.25, -0.2) is 4.39 Å². The molecular formula is C20H20FN3O. The van der Waals surface area contributed by atoms with Crippen molar-refractivity contribution in [1.29, 1.82) is 5.26 Å². The Hall–Kier alpha value is -2.87. The maximum absolute atomic E-state index is 14.4. The maximum Gasteiger partial charge on any atom is 0.147 e. The van der Waals surface area contributed by atoms with E-state index in [2.05, 4.69) is 16.1 Å². The monoisotopic (exact) mass is 337 g/mol. The summed E-state index contributed by atoms with van der Waals surface area (Å²) in [6.45, 7) is 3.95. The zero-order valence-electron chi connectivity index (χ0n) is 14.2. The molecule has 0 unspecified atom stereocenters. The number of oxime groups is 1. The van der Waals surface area contributed by atoms with Crippen molar-refractivity contribution in [3.8, 4) is 6.07 Å². The van der Waals surface area contributed by atoms with Crippen molar-refractivity contribution in [2.24, 2.45) is 5.16 Å². The van der Waals surface area contributed by atoms with Crippen LogP contribution in [0.1, 0.15) is 35.1 Å². The van der Waals surface area contributed by atoms with Crippen molar-refractivity contribution in [2.75, 3.05) is 18.0 Å². The number of nitriles is 1. The molecule has 1 heterocycles. The summed E-state index contributed by atoms with van der Waals surface area (Å²) >= 11 is 0. The molecule has 2 aromatic rings. The predicted octanol–water partition coefficient (Wildman–Crippen LogP) is 4.16. The van der Waals surface area contributed by atoms with Gasteiger partial charge in [-0.2, -0.15) is 5.26 Å². The second-order valence-corrected chi connectivity index (χ2v) is 6.13. The predicted molar refractivity (Wildman–Crippen MR) is 96.1 cm³/mol. The largest absolute Gasteiger partial charge is 0.391 e. The van der Waals surface area contributed by atoms with Crippen molar-refractivity contribution in [2.45, 2.75) is 26.4 Å². The molecule has 25 heavy (non-hydrogen) atoms. The summed E-state index contributed by atoms with van der Waals surface area (Å²) in [5, 5.41) is 13.0. The average Bonchev–Trinajstić information content (AvgIpc) is 3.15. The Bertz CT molecular complexity index is 820. The SMILES string of the molecule is Cc1cc(N2CCCC2)c(F)cc1/C=N\OCc1ccccc1C#N. The van der Waals surface area contributed by atoms with E-state index in [0.717, 1.165) is 37.1 Å². The van der Waals surface area contributed by atoms with E-state index in [1.165, 1.54) is 12.3 Å². The standard InChI is InChI=1S/C20H20FN3O/c1-15-10-20(24-8-4-5-9-24)19(21)11-18(15)13-23-25-14-17-7-3-2-6-16(17)12-22/h2-3,6-7,10-11,13H,4-5,8-9,14H2,1H3/b23-13-. The molecule has 3 rings (SSSR count). The van der Waals surface area contributed by atoms with Crippen LogP contribution in [0.15, 0.2) is 41.6 Å². The minimum absolute atomic E-state index is 0.202. The first-order chi connectivity index (χ1) is 12.2. The lowest BCUT2D eigenvalue weighted by Crippen LogP contribution is -2.19. The van der Waals surface area contributed by atoms with E-state index in [4.69, 9.17) is 10.1 Å². The molecule has 0 amide bonds. The quantitative estimate of drug-likeness (QED) is 0.608. The molecule has 0 aliphatic carbocycles. The smallest absolute Gasteiger partial charge is 0.147 e. The molecule has 4 nitrogen and oxygen atoms in total. The van der Waals surface area contributed by atoms with Crippen LogP contribution in [0, 0.1) is 24.1 Å². The minimum atomic E-state index is -0.233. The molecule has 0 bridgehead atoms. The van der Waals surface area contributed by atoms with Gasteiger partial charge in [-0.05, 0) is 43.5 Å². The summed E-state index contributed by atoms with van der Waals surface area (Å²) in [5.41, 5.74) is 3.64. The van der Waals surface area contributed by atoms with Gasteiger partial charge in [-0.15, -0.1) is 0 Å². The Morgan fingerprint density at radius 3 is 2.80 bits per heavy atom.